The number of pyridine rings is 1. The van der Waals surface area contributed by atoms with Gasteiger partial charge in [0.1, 0.15) is 5.75 Å². The van der Waals surface area contributed by atoms with E-state index >= 15 is 0 Å². The molecule has 0 atom stereocenters. The second kappa shape index (κ2) is 15.0. The summed E-state index contributed by atoms with van der Waals surface area (Å²) >= 11 is 1.44. The molecule has 0 unspecified atom stereocenters. The zero-order chi connectivity index (χ0) is 28.3. The van der Waals surface area contributed by atoms with Crippen molar-refractivity contribution in [2.45, 2.75) is 76.3 Å². The molecule has 0 saturated heterocycles. The zero-order valence-corrected chi connectivity index (χ0v) is 23.4. The third-order valence-electron chi connectivity index (χ3n) is 7.15. The van der Waals surface area contributed by atoms with Crippen molar-refractivity contribution >= 4 is 22.9 Å². The first kappa shape index (κ1) is 31.4. The molecular weight excluding hydrogens is 531 g/mol. The van der Waals surface area contributed by atoms with Gasteiger partial charge in [-0.3, -0.25) is 4.98 Å². The van der Waals surface area contributed by atoms with Crippen LogP contribution in [-0.2, 0) is 6.42 Å². The van der Waals surface area contributed by atoms with Gasteiger partial charge in [-0.15, -0.1) is 0 Å². The fourth-order valence-electron chi connectivity index (χ4n) is 5.04. The van der Waals surface area contributed by atoms with E-state index in [2.05, 4.69) is 29.1 Å². The summed E-state index contributed by atoms with van der Waals surface area (Å²) in [6.45, 7) is 1.83. The van der Waals surface area contributed by atoms with Crippen LogP contribution in [0.4, 0.5) is 22.0 Å². The largest absolute Gasteiger partial charge is 0.508 e. The van der Waals surface area contributed by atoms with Crippen molar-refractivity contribution in [2.24, 2.45) is 0 Å². The molecule has 1 heterocycles. The highest BCUT2D eigenvalue weighted by atomic mass is 32.2. The maximum Gasteiger partial charge on any atom is 0.453 e. The summed E-state index contributed by atoms with van der Waals surface area (Å²) < 4.78 is 62.5. The highest BCUT2D eigenvalue weighted by Crippen LogP contribution is 2.40. The van der Waals surface area contributed by atoms with Crippen molar-refractivity contribution in [3.05, 3.63) is 59.4 Å². The topological polar surface area (TPSA) is 36.4 Å². The molecule has 0 radical (unpaired) electrons. The van der Waals surface area contributed by atoms with E-state index < -0.39 is 18.5 Å². The molecule has 216 valence electrons. The van der Waals surface area contributed by atoms with Gasteiger partial charge in [0.25, 0.3) is 0 Å². The van der Waals surface area contributed by atoms with Gasteiger partial charge in [-0.1, -0.05) is 18.6 Å². The highest BCUT2D eigenvalue weighted by Gasteiger charge is 2.56. The molecule has 3 rings (SSSR count). The number of hydrogen-bond donors (Lipinski definition) is 1. The Morgan fingerprint density at radius 2 is 1.72 bits per heavy atom. The first-order valence-corrected chi connectivity index (χ1v) is 14.9. The minimum atomic E-state index is -5.46. The van der Waals surface area contributed by atoms with E-state index in [-0.39, 0.29) is 6.42 Å². The van der Waals surface area contributed by atoms with Gasteiger partial charge in [-0.05, 0) is 129 Å². The fourth-order valence-corrected chi connectivity index (χ4v) is 5.93. The Labute approximate surface area is 232 Å². The Kier molecular flexibility index (Phi) is 12.1. The average molecular weight is 571 g/mol. The molecule has 1 aromatic heterocycles. The van der Waals surface area contributed by atoms with Crippen molar-refractivity contribution in [1.29, 1.82) is 0 Å². The number of nitrogens with zero attached hydrogens (tertiary/aromatic N) is 2. The average Bonchev–Trinajstić information content (AvgIpc) is 3.06. The number of aromatic nitrogens is 1. The van der Waals surface area contributed by atoms with E-state index in [9.17, 15) is 27.1 Å². The van der Waals surface area contributed by atoms with Crippen LogP contribution in [0.1, 0.15) is 74.5 Å². The van der Waals surface area contributed by atoms with E-state index in [0.29, 0.717) is 11.5 Å². The number of phenolic OH excluding ortho intramolecular Hbond substituents is 1. The molecule has 9 heteroatoms. The van der Waals surface area contributed by atoms with Crippen LogP contribution in [0.3, 0.4) is 0 Å². The van der Waals surface area contributed by atoms with E-state index in [1.165, 1.54) is 39.6 Å². The number of rotatable bonds is 15. The van der Waals surface area contributed by atoms with Gasteiger partial charge in [-0.2, -0.15) is 33.7 Å². The number of benzene rings is 1. The molecule has 0 bridgehead atoms. The molecule has 1 aromatic carbocycles. The van der Waals surface area contributed by atoms with Gasteiger partial charge in [0.2, 0.25) is 0 Å². The number of phenols is 1. The van der Waals surface area contributed by atoms with Crippen LogP contribution >= 0.6 is 11.8 Å². The maximum absolute atomic E-state index is 12.9. The third-order valence-corrected chi connectivity index (χ3v) is 8.31. The number of alkyl halides is 5. The summed E-state index contributed by atoms with van der Waals surface area (Å²) in [5, 5.41) is 10.0. The zero-order valence-electron chi connectivity index (χ0n) is 22.6. The lowest BCUT2D eigenvalue weighted by Gasteiger charge is -2.19. The van der Waals surface area contributed by atoms with E-state index in [1.54, 1.807) is 12.3 Å². The number of unbranched alkanes of at least 4 members (excludes halogenated alkanes) is 2. The van der Waals surface area contributed by atoms with Crippen molar-refractivity contribution in [1.82, 2.24) is 9.88 Å². The number of hydrogen-bond acceptors (Lipinski definition) is 4. The summed E-state index contributed by atoms with van der Waals surface area (Å²) in [7, 11) is 2.06. The first-order valence-electron chi connectivity index (χ1n) is 13.7. The number of thioether (sulfide) groups is 1. The predicted octanol–water partition coefficient (Wildman–Crippen LogP) is 8.63. The molecule has 0 saturated carbocycles. The normalized spacial score (nSPS) is 14.5. The summed E-state index contributed by atoms with van der Waals surface area (Å²) in [5.41, 5.74) is 6.31. The molecule has 0 spiro atoms. The van der Waals surface area contributed by atoms with E-state index in [1.807, 2.05) is 18.3 Å². The maximum atomic E-state index is 12.9. The number of aromatic hydroxyl groups is 1. The van der Waals surface area contributed by atoms with E-state index in [4.69, 9.17) is 0 Å². The van der Waals surface area contributed by atoms with Gasteiger partial charge >= 0.3 is 12.1 Å². The summed E-state index contributed by atoms with van der Waals surface area (Å²) in [4.78, 5) is 6.59. The first-order chi connectivity index (χ1) is 18.6. The molecule has 1 aliphatic carbocycles. The lowest BCUT2D eigenvalue weighted by molar-refractivity contribution is -0.284. The van der Waals surface area contributed by atoms with Gasteiger partial charge in [-0.25, -0.2) is 0 Å². The van der Waals surface area contributed by atoms with Crippen molar-refractivity contribution < 1.29 is 27.1 Å². The molecule has 0 fully saturated rings. The molecule has 1 N–H and O–H groups in total. The Morgan fingerprint density at radius 1 is 0.949 bits per heavy atom. The highest BCUT2D eigenvalue weighted by molar-refractivity contribution is 7.99. The van der Waals surface area contributed by atoms with Gasteiger partial charge < -0.3 is 10.0 Å². The minimum absolute atomic E-state index is 0.141. The number of aryl methyl sites for hydroxylation is 1. The summed E-state index contributed by atoms with van der Waals surface area (Å²) in [5.74, 6) is -3.22. The predicted molar refractivity (Wildman–Crippen MR) is 150 cm³/mol. The third kappa shape index (κ3) is 9.78. The minimum Gasteiger partial charge on any atom is -0.508 e. The van der Waals surface area contributed by atoms with E-state index in [0.717, 1.165) is 70.2 Å². The number of halogens is 5. The summed E-state index contributed by atoms with van der Waals surface area (Å²) in [6, 6.07) is 9.82. The molecular formula is C30H39F5N2OS. The Morgan fingerprint density at radius 3 is 2.46 bits per heavy atom. The van der Waals surface area contributed by atoms with Crippen LogP contribution in [0.2, 0.25) is 0 Å². The Bertz CT molecular complexity index is 1060. The van der Waals surface area contributed by atoms with Crippen LogP contribution in [-0.4, -0.2) is 58.7 Å². The summed E-state index contributed by atoms with van der Waals surface area (Å²) in [6.07, 6.45) is 5.02. The number of allylic oxidation sites excluding steroid dienone is 2. The van der Waals surface area contributed by atoms with Crippen LogP contribution in [0.15, 0.2) is 42.7 Å². The Hall–Kier alpha value is -2.13. The SMILES string of the molecule is CN(CCCCCC1=C(c2cccnc2)CCCc2cc(O)ccc21)CCCSCCCC(F)(F)C(F)(F)F. The van der Waals surface area contributed by atoms with Crippen molar-refractivity contribution in [3.8, 4) is 5.75 Å². The Balaban J connectivity index is 1.39. The second-order valence-corrected chi connectivity index (χ2v) is 11.5. The molecule has 2 aromatic rings. The van der Waals surface area contributed by atoms with Gasteiger partial charge in [0, 0.05) is 18.8 Å². The molecule has 1 aliphatic rings. The van der Waals surface area contributed by atoms with Crippen LogP contribution < -0.4 is 0 Å². The molecule has 0 amide bonds. The molecule has 0 aliphatic heterocycles. The lowest BCUT2D eigenvalue weighted by Crippen LogP contribution is -2.36. The van der Waals surface area contributed by atoms with Crippen LogP contribution in [0.5, 0.6) is 5.75 Å². The van der Waals surface area contributed by atoms with Crippen molar-refractivity contribution in [2.75, 3.05) is 31.6 Å². The fraction of sp³-hybridized carbons (Fsp3) is 0.567. The smallest absolute Gasteiger partial charge is 0.453 e. The second-order valence-electron chi connectivity index (χ2n) is 10.3. The van der Waals surface area contributed by atoms with Gasteiger partial charge in [0.05, 0.1) is 0 Å². The number of fused-ring (bicyclic) bond motifs is 1. The lowest BCUT2D eigenvalue weighted by atomic mass is 9.89. The molecule has 39 heavy (non-hydrogen) atoms. The van der Waals surface area contributed by atoms with Crippen molar-refractivity contribution in [3.63, 3.8) is 0 Å². The molecule has 3 nitrogen and oxygen atoms in total. The van der Waals surface area contributed by atoms with Crippen LogP contribution in [0, 0.1) is 0 Å². The van der Waals surface area contributed by atoms with Crippen LogP contribution in [0.25, 0.3) is 11.1 Å². The monoisotopic (exact) mass is 570 g/mol. The quantitative estimate of drug-likeness (QED) is 0.172. The standard InChI is InChI=1S/C30H39F5N2OS/c1-37(18-8-20-39-19-7-15-29(31,32)30(33,34)35)17-4-2-3-11-28-26(24-10-6-16-36-22-24)12-5-9-23-21-25(38)13-14-27(23)28/h6,10,13-14,16,21-22,38H,2-5,7-9,11-12,15,17-20H2,1H3. The van der Waals surface area contributed by atoms with Gasteiger partial charge in [0.15, 0.2) is 0 Å².